The Hall–Kier alpha value is -3.04. The van der Waals surface area contributed by atoms with Crippen LogP contribution in [0.1, 0.15) is 12.8 Å². The van der Waals surface area contributed by atoms with Crippen molar-refractivity contribution in [3.05, 3.63) is 59.9 Å². The Morgan fingerprint density at radius 1 is 1.18 bits per heavy atom. The molecular weight excluding hydrogens is 462 g/mol. The lowest BCUT2D eigenvalue weighted by Gasteiger charge is -2.31. The number of carbonyl (C=O) groups is 2. The molecule has 2 amide bonds. The van der Waals surface area contributed by atoms with Gasteiger partial charge >= 0.3 is 0 Å². The number of ether oxygens (including phenoxy) is 1. The molecule has 4 rings (SSSR count). The van der Waals surface area contributed by atoms with E-state index in [-0.39, 0.29) is 23.5 Å². The Morgan fingerprint density at radius 3 is 2.73 bits per heavy atom. The van der Waals surface area contributed by atoms with Crippen molar-refractivity contribution in [2.24, 2.45) is 5.92 Å². The molecule has 2 aromatic carbocycles. The number of nitrogens with one attached hydrogen (secondary N) is 1. The number of methoxy groups -OCH3 is 1. The average Bonchev–Trinajstić information content (AvgIpc) is 3.31. The molecule has 0 spiro atoms. The number of nitrogens with zero attached hydrogens (tertiary/aromatic N) is 4. The van der Waals surface area contributed by atoms with Crippen LogP contribution >= 0.6 is 23.4 Å². The maximum atomic E-state index is 12.8. The molecule has 10 heteroatoms. The monoisotopic (exact) mass is 485 g/mol. The quantitative estimate of drug-likeness (QED) is 0.510. The highest BCUT2D eigenvalue weighted by Gasteiger charge is 2.28. The molecule has 1 fully saturated rings. The van der Waals surface area contributed by atoms with Crippen LogP contribution in [0.2, 0.25) is 5.02 Å². The molecule has 1 aliphatic rings. The van der Waals surface area contributed by atoms with Crippen LogP contribution in [0.25, 0.3) is 5.69 Å². The number of hydrogen-bond donors (Lipinski definition) is 1. The van der Waals surface area contributed by atoms with Crippen LogP contribution in [0, 0.1) is 5.92 Å². The molecule has 3 aromatic rings. The Kier molecular flexibility index (Phi) is 7.51. The van der Waals surface area contributed by atoms with Gasteiger partial charge in [-0.1, -0.05) is 41.6 Å². The van der Waals surface area contributed by atoms with E-state index in [0.717, 1.165) is 5.69 Å². The minimum Gasteiger partial charge on any atom is -0.495 e. The fourth-order valence-corrected chi connectivity index (χ4v) is 4.73. The van der Waals surface area contributed by atoms with Gasteiger partial charge in [-0.25, -0.2) is 0 Å². The summed E-state index contributed by atoms with van der Waals surface area (Å²) in [6.07, 6.45) is 2.84. The van der Waals surface area contributed by atoms with Crippen LogP contribution in [0.5, 0.6) is 5.75 Å². The molecule has 0 radical (unpaired) electrons. The first kappa shape index (κ1) is 23.1. The van der Waals surface area contributed by atoms with Gasteiger partial charge in [-0.3, -0.25) is 14.2 Å². The lowest BCUT2D eigenvalue weighted by Crippen LogP contribution is -2.42. The van der Waals surface area contributed by atoms with Crippen molar-refractivity contribution in [2.45, 2.75) is 18.0 Å². The molecule has 0 bridgehead atoms. The van der Waals surface area contributed by atoms with Gasteiger partial charge in [-0.2, -0.15) is 0 Å². The number of anilines is 1. The van der Waals surface area contributed by atoms with Crippen molar-refractivity contribution in [1.29, 1.82) is 0 Å². The number of amides is 2. The highest BCUT2D eigenvalue weighted by Crippen LogP contribution is 2.27. The van der Waals surface area contributed by atoms with Crippen molar-refractivity contribution in [3.63, 3.8) is 0 Å². The van der Waals surface area contributed by atoms with E-state index in [0.29, 0.717) is 47.5 Å². The first-order valence-corrected chi connectivity index (χ1v) is 11.9. The minimum absolute atomic E-state index is 0.0178. The van der Waals surface area contributed by atoms with E-state index in [9.17, 15) is 9.59 Å². The van der Waals surface area contributed by atoms with Gasteiger partial charge in [0.05, 0.1) is 24.2 Å². The van der Waals surface area contributed by atoms with Crippen LogP contribution in [0.3, 0.4) is 0 Å². The molecule has 2 heterocycles. The number of piperidine rings is 1. The van der Waals surface area contributed by atoms with Gasteiger partial charge in [-0.05, 0) is 43.2 Å². The van der Waals surface area contributed by atoms with E-state index in [1.807, 2.05) is 42.5 Å². The third-order valence-corrected chi connectivity index (χ3v) is 6.67. The fraction of sp³-hybridized carbons (Fsp3) is 0.304. The largest absolute Gasteiger partial charge is 0.495 e. The summed E-state index contributed by atoms with van der Waals surface area (Å²) in [5, 5.41) is 12.3. The van der Waals surface area contributed by atoms with Gasteiger partial charge in [-0.15, -0.1) is 10.2 Å². The highest BCUT2D eigenvalue weighted by molar-refractivity contribution is 7.99. The van der Waals surface area contributed by atoms with Crippen molar-refractivity contribution in [1.82, 2.24) is 19.7 Å². The molecule has 0 aliphatic carbocycles. The first-order valence-electron chi connectivity index (χ1n) is 10.6. The molecule has 8 nitrogen and oxygen atoms in total. The van der Waals surface area contributed by atoms with Gasteiger partial charge < -0.3 is 15.0 Å². The number of benzene rings is 2. The molecule has 1 N–H and O–H groups in total. The summed E-state index contributed by atoms with van der Waals surface area (Å²) in [5.41, 5.74) is 1.49. The Morgan fingerprint density at radius 2 is 1.97 bits per heavy atom. The average molecular weight is 486 g/mol. The van der Waals surface area contributed by atoms with Crippen LogP contribution in [-0.2, 0) is 9.59 Å². The van der Waals surface area contributed by atoms with Gasteiger partial charge in [0.1, 0.15) is 12.1 Å². The predicted molar refractivity (Wildman–Crippen MR) is 128 cm³/mol. The smallest absolute Gasteiger partial charge is 0.233 e. The molecule has 0 atom stereocenters. The molecule has 1 saturated heterocycles. The van der Waals surface area contributed by atoms with E-state index in [2.05, 4.69) is 15.5 Å². The minimum atomic E-state index is -0.141. The van der Waals surface area contributed by atoms with E-state index >= 15 is 0 Å². The van der Waals surface area contributed by atoms with Crippen molar-refractivity contribution >= 4 is 40.9 Å². The normalized spacial score (nSPS) is 14.2. The van der Waals surface area contributed by atoms with Crippen LogP contribution in [0.15, 0.2) is 60.0 Å². The van der Waals surface area contributed by atoms with E-state index in [4.69, 9.17) is 16.3 Å². The molecule has 0 saturated carbocycles. The summed E-state index contributed by atoms with van der Waals surface area (Å²) in [5.74, 6) is 0.704. The Labute approximate surface area is 201 Å². The van der Waals surface area contributed by atoms with Crippen molar-refractivity contribution < 1.29 is 14.3 Å². The second kappa shape index (κ2) is 10.7. The zero-order valence-electron chi connectivity index (χ0n) is 18.1. The van der Waals surface area contributed by atoms with Crippen molar-refractivity contribution in [3.8, 4) is 11.4 Å². The zero-order valence-corrected chi connectivity index (χ0v) is 19.7. The third-order valence-electron chi connectivity index (χ3n) is 5.51. The topological polar surface area (TPSA) is 89.3 Å². The summed E-state index contributed by atoms with van der Waals surface area (Å²) in [6.45, 7) is 1.09. The molecule has 33 heavy (non-hydrogen) atoms. The Bertz CT molecular complexity index is 1130. The van der Waals surface area contributed by atoms with E-state index < -0.39 is 0 Å². The predicted octanol–water partition coefficient (Wildman–Crippen LogP) is 3.90. The maximum Gasteiger partial charge on any atom is 0.233 e. The number of aromatic nitrogens is 3. The molecule has 0 unspecified atom stereocenters. The van der Waals surface area contributed by atoms with Crippen LogP contribution < -0.4 is 10.1 Å². The SMILES string of the molecule is COc1ccccc1NC(=O)C1CCN(C(=O)CSc2nncn2-c2cccc(Cl)c2)CC1. The summed E-state index contributed by atoms with van der Waals surface area (Å²) in [6, 6.07) is 14.7. The number of halogens is 1. The number of thioether (sulfide) groups is 1. The van der Waals surface area contributed by atoms with Gasteiger partial charge in [0.25, 0.3) is 0 Å². The van der Waals surface area contributed by atoms with Gasteiger partial charge in [0, 0.05) is 24.0 Å². The number of hydrogen-bond acceptors (Lipinski definition) is 6. The first-order chi connectivity index (χ1) is 16.0. The molecule has 1 aromatic heterocycles. The summed E-state index contributed by atoms with van der Waals surface area (Å²) < 4.78 is 7.10. The summed E-state index contributed by atoms with van der Waals surface area (Å²) in [7, 11) is 1.57. The number of likely N-dealkylation sites (tertiary alicyclic amines) is 1. The maximum absolute atomic E-state index is 12.8. The van der Waals surface area contributed by atoms with Crippen LogP contribution in [0.4, 0.5) is 5.69 Å². The highest BCUT2D eigenvalue weighted by atomic mass is 35.5. The van der Waals surface area contributed by atoms with Gasteiger partial charge in [0.2, 0.25) is 11.8 Å². The number of para-hydroxylation sites is 2. The molecular formula is C23H24ClN5O3S. The lowest BCUT2D eigenvalue weighted by atomic mass is 9.96. The standard InChI is InChI=1S/C23H24ClN5O3S/c1-32-20-8-3-2-7-19(20)26-22(31)16-9-11-28(12-10-16)21(30)14-33-23-27-25-15-29(23)18-6-4-5-17(24)13-18/h2-8,13,15-16H,9-12,14H2,1H3,(H,26,31). The lowest BCUT2D eigenvalue weighted by molar-refractivity contribution is -0.132. The molecule has 1 aliphatic heterocycles. The Balaban J connectivity index is 1.28. The third kappa shape index (κ3) is 5.66. The summed E-state index contributed by atoms with van der Waals surface area (Å²) >= 11 is 7.41. The molecule has 172 valence electrons. The second-order valence-electron chi connectivity index (χ2n) is 7.60. The van der Waals surface area contributed by atoms with Gasteiger partial charge in [0.15, 0.2) is 5.16 Å². The number of carbonyl (C=O) groups excluding carboxylic acids is 2. The zero-order chi connectivity index (χ0) is 23.2. The van der Waals surface area contributed by atoms with E-state index in [1.54, 1.807) is 29.0 Å². The fourth-order valence-electron chi connectivity index (χ4n) is 3.72. The number of rotatable bonds is 7. The van der Waals surface area contributed by atoms with Crippen molar-refractivity contribution in [2.75, 3.05) is 31.3 Å². The second-order valence-corrected chi connectivity index (χ2v) is 8.98. The van der Waals surface area contributed by atoms with E-state index in [1.165, 1.54) is 11.8 Å². The summed E-state index contributed by atoms with van der Waals surface area (Å²) in [4.78, 5) is 27.2. The van der Waals surface area contributed by atoms with Crippen LogP contribution in [-0.4, -0.2) is 57.4 Å².